The smallest absolute Gasteiger partial charge is 0.0710 e. The van der Waals surface area contributed by atoms with E-state index in [9.17, 15) is 5.11 Å². The first-order chi connectivity index (χ1) is 12.2. The van der Waals surface area contributed by atoms with Gasteiger partial charge in [0.05, 0.1) is 23.5 Å². The summed E-state index contributed by atoms with van der Waals surface area (Å²) < 4.78 is 0. The molecule has 0 radical (unpaired) electrons. The maximum absolute atomic E-state index is 9.40. The van der Waals surface area contributed by atoms with Gasteiger partial charge in [-0.25, -0.2) is 0 Å². The lowest BCUT2D eigenvalue weighted by molar-refractivity contribution is 0.184. The SMILES string of the molecule is OCCN(Cc1ccccc1)Cc1cn[nH]c1-c1ccc(Cl)cc1Cl. The molecule has 130 valence electrons. The van der Waals surface area contributed by atoms with Crippen LogP contribution in [0.2, 0.25) is 10.0 Å². The molecule has 0 bridgehead atoms. The van der Waals surface area contributed by atoms with Crippen LogP contribution in [0.5, 0.6) is 0 Å². The van der Waals surface area contributed by atoms with E-state index >= 15 is 0 Å². The van der Waals surface area contributed by atoms with Crippen LogP contribution in [0.4, 0.5) is 0 Å². The second-order valence-electron chi connectivity index (χ2n) is 5.81. The van der Waals surface area contributed by atoms with Gasteiger partial charge in [-0.2, -0.15) is 5.10 Å². The topological polar surface area (TPSA) is 52.1 Å². The molecule has 0 saturated carbocycles. The molecule has 0 saturated heterocycles. The molecular formula is C19H19Cl2N3O. The van der Waals surface area contributed by atoms with Gasteiger partial charge in [0.15, 0.2) is 0 Å². The maximum Gasteiger partial charge on any atom is 0.0710 e. The molecule has 0 aliphatic heterocycles. The van der Waals surface area contributed by atoms with Crippen molar-refractivity contribution in [3.63, 3.8) is 0 Å². The minimum absolute atomic E-state index is 0.0989. The molecule has 0 aliphatic rings. The molecule has 0 unspecified atom stereocenters. The molecule has 0 spiro atoms. The van der Waals surface area contributed by atoms with Crippen molar-refractivity contribution in [3.05, 3.63) is 75.9 Å². The number of benzene rings is 2. The average Bonchev–Trinajstić information content (AvgIpc) is 3.04. The highest BCUT2D eigenvalue weighted by Crippen LogP contribution is 2.31. The van der Waals surface area contributed by atoms with Crippen LogP contribution in [0.3, 0.4) is 0 Å². The van der Waals surface area contributed by atoms with Gasteiger partial charge in [-0.15, -0.1) is 0 Å². The van der Waals surface area contributed by atoms with Crippen LogP contribution in [-0.4, -0.2) is 33.4 Å². The van der Waals surface area contributed by atoms with E-state index in [0.29, 0.717) is 23.1 Å². The van der Waals surface area contributed by atoms with Crippen molar-refractivity contribution < 1.29 is 5.11 Å². The number of halogens is 2. The van der Waals surface area contributed by atoms with Crippen molar-refractivity contribution in [1.29, 1.82) is 0 Å². The van der Waals surface area contributed by atoms with Gasteiger partial charge in [0.2, 0.25) is 0 Å². The zero-order chi connectivity index (χ0) is 17.6. The van der Waals surface area contributed by atoms with E-state index in [1.165, 1.54) is 5.56 Å². The minimum atomic E-state index is 0.0989. The number of nitrogens with one attached hydrogen (secondary N) is 1. The number of rotatable bonds is 7. The first kappa shape index (κ1) is 18.0. The summed E-state index contributed by atoms with van der Waals surface area (Å²) >= 11 is 12.3. The normalized spacial score (nSPS) is 11.2. The molecule has 4 nitrogen and oxygen atoms in total. The van der Waals surface area contributed by atoms with Crippen molar-refractivity contribution in [2.75, 3.05) is 13.2 Å². The summed E-state index contributed by atoms with van der Waals surface area (Å²) in [6.45, 7) is 2.08. The lowest BCUT2D eigenvalue weighted by atomic mass is 10.1. The van der Waals surface area contributed by atoms with E-state index in [1.807, 2.05) is 30.3 Å². The predicted molar refractivity (Wildman–Crippen MR) is 102 cm³/mol. The molecule has 2 N–H and O–H groups in total. The summed E-state index contributed by atoms with van der Waals surface area (Å²) in [6.07, 6.45) is 1.80. The number of hydrogen-bond donors (Lipinski definition) is 2. The van der Waals surface area contributed by atoms with Crippen LogP contribution in [0.1, 0.15) is 11.1 Å². The van der Waals surface area contributed by atoms with E-state index in [4.69, 9.17) is 23.2 Å². The molecule has 2 aromatic carbocycles. The molecule has 3 rings (SSSR count). The standard InChI is InChI=1S/C19H19Cl2N3O/c20-16-6-7-17(18(21)10-16)19-15(11-22-23-19)13-24(8-9-25)12-14-4-2-1-3-5-14/h1-7,10-11,25H,8-9,12-13H2,(H,22,23). The maximum atomic E-state index is 9.40. The van der Waals surface area contributed by atoms with Gasteiger partial charge in [0.25, 0.3) is 0 Å². The second kappa shape index (κ2) is 8.50. The fraction of sp³-hybridized carbons (Fsp3) is 0.211. The third-order valence-electron chi connectivity index (χ3n) is 3.98. The van der Waals surface area contributed by atoms with Gasteiger partial charge in [0, 0.05) is 35.8 Å². The predicted octanol–water partition coefficient (Wildman–Crippen LogP) is 4.38. The van der Waals surface area contributed by atoms with E-state index in [0.717, 1.165) is 23.4 Å². The van der Waals surface area contributed by atoms with Crippen LogP contribution >= 0.6 is 23.2 Å². The Morgan fingerprint density at radius 2 is 1.84 bits per heavy atom. The Bertz CT molecular complexity index is 821. The van der Waals surface area contributed by atoms with Gasteiger partial charge in [-0.05, 0) is 23.8 Å². The zero-order valence-electron chi connectivity index (χ0n) is 13.6. The van der Waals surface area contributed by atoms with Crippen LogP contribution in [0.15, 0.2) is 54.7 Å². The Labute approximate surface area is 157 Å². The fourth-order valence-corrected chi connectivity index (χ4v) is 3.30. The van der Waals surface area contributed by atoms with E-state index in [1.54, 1.807) is 12.3 Å². The molecule has 1 aromatic heterocycles. The molecule has 0 atom stereocenters. The Kier molecular flexibility index (Phi) is 6.10. The number of aliphatic hydroxyl groups excluding tert-OH is 1. The Balaban J connectivity index is 1.82. The Morgan fingerprint density at radius 3 is 2.56 bits per heavy atom. The van der Waals surface area contributed by atoms with E-state index < -0.39 is 0 Å². The number of aromatic amines is 1. The molecule has 3 aromatic rings. The molecule has 0 aliphatic carbocycles. The van der Waals surface area contributed by atoms with Gasteiger partial charge in [0.1, 0.15) is 0 Å². The summed E-state index contributed by atoms with van der Waals surface area (Å²) in [5.74, 6) is 0. The minimum Gasteiger partial charge on any atom is -0.395 e. The number of aliphatic hydroxyl groups is 1. The molecule has 0 amide bonds. The molecular weight excluding hydrogens is 357 g/mol. The summed E-state index contributed by atoms with van der Waals surface area (Å²) in [5, 5.41) is 17.8. The lowest BCUT2D eigenvalue weighted by Crippen LogP contribution is -2.26. The Hall–Kier alpha value is -1.85. The summed E-state index contributed by atoms with van der Waals surface area (Å²) in [7, 11) is 0. The zero-order valence-corrected chi connectivity index (χ0v) is 15.1. The van der Waals surface area contributed by atoms with Crippen LogP contribution in [0, 0.1) is 0 Å². The number of hydrogen-bond acceptors (Lipinski definition) is 3. The largest absolute Gasteiger partial charge is 0.395 e. The van der Waals surface area contributed by atoms with Crippen molar-refractivity contribution in [2.24, 2.45) is 0 Å². The van der Waals surface area contributed by atoms with Crippen molar-refractivity contribution in [3.8, 4) is 11.3 Å². The molecule has 25 heavy (non-hydrogen) atoms. The summed E-state index contributed by atoms with van der Waals surface area (Å²) in [5.41, 5.74) is 3.96. The molecule has 0 fully saturated rings. The third kappa shape index (κ3) is 4.61. The third-order valence-corrected chi connectivity index (χ3v) is 4.53. The average molecular weight is 376 g/mol. The summed E-state index contributed by atoms with van der Waals surface area (Å²) in [6, 6.07) is 15.6. The quantitative estimate of drug-likeness (QED) is 0.644. The highest BCUT2D eigenvalue weighted by atomic mass is 35.5. The van der Waals surface area contributed by atoms with Crippen molar-refractivity contribution in [2.45, 2.75) is 13.1 Å². The van der Waals surface area contributed by atoms with Gasteiger partial charge in [-0.1, -0.05) is 53.5 Å². The first-order valence-corrected chi connectivity index (χ1v) is 8.78. The van der Waals surface area contributed by atoms with Crippen LogP contribution in [-0.2, 0) is 13.1 Å². The van der Waals surface area contributed by atoms with Crippen LogP contribution < -0.4 is 0 Å². The first-order valence-electron chi connectivity index (χ1n) is 8.02. The number of nitrogens with zero attached hydrogens (tertiary/aromatic N) is 2. The highest BCUT2D eigenvalue weighted by molar-refractivity contribution is 6.36. The van der Waals surface area contributed by atoms with Gasteiger partial charge in [-0.3, -0.25) is 10.00 Å². The van der Waals surface area contributed by atoms with Crippen molar-refractivity contribution in [1.82, 2.24) is 15.1 Å². The second-order valence-corrected chi connectivity index (χ2v) is 6.66. The fourth-order valence-electron chi connectivity index (χ4n) is 2.79. The monoisotopic (exact) mass is 375 g/mol. The molecule has 1 heterocycles. The number of aromatic nitrogens is 2. The van der Waals surface area contributed by atoms with E-state index in [2.05, 4.69) is 27.2 Å². The van der Waals surface area contributed by atoms with Crippen LogP contribution in [0.25, 0.3) is 11.3 Å². The highest BCUT2D eigenvalue weighted by Gasteiger charge is 2.15. The van der Waals surface area contributed by atoms with Crippen molar-refractivity contribution >= 4 is 23.2 Å². The lowest BCUT2D eigenvalue weighted by Gasteiger charge is -2.21. The molecule has 6 heteroatoms. The number of H-pyrrole nitrogens is 1. The van der Waals surface area contributed by atoms with E-state index in [-0.39, 0.29) is 6.61 Å². The summed E-state index contributed by atoms with van der Waals surface area (Å²) in [4.78, 5) is 2.17. The Morgan fingerprint density at radius 1 is 1.04 bits per heavy atom. The van der Waals surface area contributed by atoms with Gasteiger partial charge < -0.3 is 5.11 Å². The van der Waals surface area contributed by atoms with Gasteiger partial charge >= 0.3 is 0 Å².